The Hall–Kier alpha value is -3.77. The van der Waals surface area contributed by atoms with Crippen LogP contribution in [-0.4, -0.2) is 50.7 Å². The first-order chi connectivity index (χ1) is 15.8. The first-order valence-corrected chi connectivity index (χ1v) is 11.0. The van der Waals surface area contributed by atoms with Crippen molar-refractivity contribution in [1.82, 2.24) is 24.5 Å². The number of hydrogen-bond donors (Lipinski definition) is 0. The molecule has 0 aliphatic carbocycles. The number of piperazine rings is 1. The molecule has 0 amide bonds. The Morgan fingerprint density at radius 2 is 1.66 bits per heavy atom. The van der Waals surface area contributed by atoms with Gasteiger partial charge in [-0.05, 0) is 28.5 Å². The summed E-state index contributed by atoms with van der Waals surface area (Å²) in [7, 11) is 0. The first-order valence-electron chi connectivity index (χ1n) is 11.0. The Morgan fingerprint density at radius 1 is 0.781 bits per heavy atom. The second-order valence-corrected chi connectivity index (χ2v) is 8.29. The van der Waals surface area contributed by atoms with Crippen LogP contribution in [0, 0.1) is 0 Å². The number of benzene rings is 2. The van der Waals surface area contributed by atoms with Gasteiger partial charge >= 0.3 is 0 Å². The minimum Gasteiger partial charge on any atom is -0.354 e. The van der Waals surface area contributed by atoms with Crippen LogP contribution in [-0.2, 0) is 6.54 Å². The third-order valence-corrected chi connectivity index (χ3v) is 6.21. The van der Waals surface area contributed by atoms with Gasteiger partial charge in [-0.25, -0.2) is 4.98 Å². The minimum atomic E-state index is 0.878. The Bertz CT molecular complexity index is 1370. The molecule has 1 fully saturated rings. The fourth-order valence-electron chi connectivity index (χ4n) is 4.50. The van der Waals surface area contributed by atoms with Crippen molar-refractivity contribution in [3.05, 3.63) is 90.9 Å². The van der Waals surface area contributed by atoms with Crippen molar-refractivity contribution in [3.8, 4) is 11.3 Å². The predicted molar refractivity (Wildman–Crippen MR) is 128 cm³/mol. The summed E-state index contributed by atoms with van der Waals surface area (Å²) in [5.41, 5.74) is 4.25. The van der Waals surface area contributed by atoms with E-state index < -0.39 is 0 Å². The van der Waals surface area contributed by atoms with E-state index >= 15 is 0 Å². The standard InChI is InChI=1S/C26H24N6/c1-2-6-22-16-23(8-7-21(22)5-1)24-17-26(32-25(29-24)9-11-28-32)31-14-12-30(13-15-31)19-20-4-3-10-27-18-20/h1-11,16-18H,12-15,19H2. The molecule has 1 aliphatic heterocycles. The van der Waals surface area contributed by atoms with Crippen molar-refractivity contribution in [2.75, 3.05) is 31.1 Å². The molecule has 0 radical (unpaired) electrons. The van der Waals surface area contributed by atoms with Crippen LogP contribution in [0.2, 0.25) is 0 Å². The maximum absolute atomic E-state index is 4.89. The molecule has 5 aromatic rings. The van der Waals surface area contributed by atoms with Crippen molar-refractivity contribution >= 4 is 22.2 Å². The summed E-state index contributed by atoms with van der Waals surface area (Å²) in [5, 5.41) is 7.03. The molecule has 0 bridgehead atoms. The number of aromatic nitrogens is 4. The highest BCUT2D eigenvalue weighted by molar-refractivity contribution is 5.87. The first kappa shape index (κ1) is 19.0. The number of fused-ring (bicyclic) bond motifs is 2. The summed E-state index contributed by atoms with van der Waals surface area (Å²) in [6, 6.07) is 23.3. The number of rotatable bonds is 4. The average molecular weight is 421 g/mol. The van der Waals surface area contributed by atoms with E-state index in [0.717, 1.165) is 55.4 Å². The number of pyridine rings is 1. The lowest BCUT2D eigenvalue weighted by atomic mass is 10.0. The summed E-state index contributed by atoms with van der Waals surface area (Å²) in [5.74, 6) is 1.10. The maximum atomic E-state index is 4.89. The van der Waals surface area contributed by atoms with Crippen LogP contribution in [0.25, 0.3) is 27.7 Å². The molecule has 6 heteroatoms. The Kier molecular flexibility index (Phi) is 4.77. The Balaban J connectivity index is 1.29. The van der Waals surface area contributed by atoms with Gasteiger partial charge in [0.05, 0.1) is 11.9 Å². The van der Waals surface area contributed by atoms with Gasteiger partial charge in [-0.1, -0.05) is 42.5 Å². The Morgan fingerprint density at radius 3 is 2.50 bits per heavy atom. The summed E-state index contributed by atoms with van der Waals surface area (Å²) in [6.45, 7) is 4.86. The molecule has 0 atom stereocenters. The van der Waals surface area contributed by atoms with Gasteiger partial charge in [-0.2, -0.15) is 9.61 Å². The summed E-state index contributed by atoms with van der Waals surface area (Å²) < 4.78 is 1.96. The molecule has 0 N–H and O–H groups in total. The fourth-order valence-corrected chi connectivity index (χ4v) is 4.50. The quantitative estimate of drug-likeness (QED) is 0.435. The summed E-state index contributed by atoms with van der Waals surface area (Å²) in [6.07, 6.45) is 5.61. The molecule has 32 heavy (non-hydrogen) atoms. The van der Waals surface area contributed by atoms with E-state index in [9.17, 15) is 0 Å². The van der Waals surface area contributed by atoms with Crippen molar-refractivity contribution in [2.24, 2.45) is 0 Å². The van der Waals surface area contributed by atoms with E-state index in [1.807, 2.05) is 35.2 Å². The zero-order valence-corrected chi connectivity index (χ0v) is 17.8. The Labute approximate surface area is 186 Å². The molecule has 158 valence electrons. The van der Waals surface area contributed by atoms with E-state index in [1.165, 1.54) is 16.3 Å². The second-order valence-electron chi connectivity index (χ2n) is 8.29. The molecular formula is C26H24N6. The number of hydrogen-bond acceptors (Lipinski definition) is 5. The topological polar surface area (TPSA) is 49.6 Å². The highest BCUT2D eigenvalue weighted by Crippen LogP contribution is 2.28. The lowest BCUT2D eigenvalue weighted by Gasteiger charge is -2.36. The molecule has 1 aliphatic rings. The van der Waals surface area contributed by atoms with E-state index in [0.29, 0.717) is 0 Å². The molecular weight excluding hydrogens is 396 g/mol. The van der Waals surface area contributed by atoms with Gasteiger partial charge in [0.2, 0.25) is 0 Å². The van der Waals surface area contributed by atoms with Gasteiger partial charge in [0.1, 0.15) is 5.82 Å². The van der Waals surface area contributed by atoms with Crippen LogP contribution in [0.5, 0.6) is 0 Å². The van der Waals surface area contributed by atoms with Crippen LogP contribution in [0.1, 0.15) is 5.56 Å². The minimum absolute atomic E-state index is 0.878. The third kappa shape index (κ3) is 3.59. The zero-order chi connectivity index (χ0) is 21.3. The van der Waals surface area contributed by atoms with Crippen LogP contribution < -0.4 is 4.90 Å². The molecule has 2 aromatic carbocycles. The zero-order valence-electron chi connectivity index (χ0n) is 17.8. The van der Waals surface area contributed by atoms with Crippen LogP contribution in [0.15, 0.2) is 85.3 Å². The maximum Gasteiger partial charge on any atom is 0.157 e. The van der Waals surface area contributed by atoms with Crippen molar-refractivity contribution < 1.29 is 0 Å². The molecule has 4 heterocycles. The largest absolute Gasteiger partial charge is 0.354 e. The van der Waals surface area contributed by atoms with E-state index in [4.69, 9.17) is 4.98 Å². The second kappa shape index (κ2) is 8.05. The van der Waals surface area contributed by atoms with Gasteiger partial charge in [0, 0.05) is 62.8 Å². The highest BCUT2D eigenvalue weighted by atomic mass is 15.4. The normalized spacial score (nSPS) is 14.9. The monoisotopic (exact) mass is 420 g/mol. The molecule has 0 spiro atoms. The lowest BCUT2D eigenvalue weighted by Crippen LogP contribution is -2.46. The summed E-state index contributed by atoms with van der Waals surface area (Å²) >= 11 is 0. The van der Waals surface area contributed by atoms with E-state index in [-0.39, 0.29) is 0 Å². The molecule has 1 saturated heterocycles. The average Bonchev–Trinajstić information content (AvgIpc) is 3.33. The fraction of sp³-hybridized carbons (Fsp3) is 0.192. The van der Waals surface area contributed by atoms with Gasteiger partial charge in [0.25, 0.3) is 0 Å². The molecule has 3 aromatic heterocycles. The third-order valence-electron chi connectivity index (χ3n) is 6.21. The SMILES string of the molecule is c1cncc(CN2CCN(c3cc(-c4ccc5ccccc5c4)nc4ccnn34)CC2)c1. The smallest absolute Gasteiger partial charge is 0.157 e. The highest BCUT2D eigenvalue weighted by Gasteiger charge is 2.21. The number of anilines is 1. The van der Waals surface area contributed by atoms with Crippen molar-refractivity contribution in [3.63, 3.8) is 0 Å². The van der Waals surface area contributed by atoms with Gasteiger partial charge in [-0.3, -0.25) is 9.88 Å². The van der Waals surface area contributed by atoms with Gasteiger partial charge < -0.3 is 4.90 Å². The van der Waals surface area contributed by atoms with Crippen molar-refractivity contribution in [1.29, 1.82) is 0 Å². The molecule has 0 saturated carbocycles. The number of nitrogens with zero attached hydrogens (tertiary/aromatic N) is 6. The van der Waals surface area contributed by atoms with Crippen LogP contribution >= 0.6 is 0 Å². The summed E-state index contributed by atoms with van der Waals surface area (Å²) in [4.78, 5) is 14.0. The molecule has 6 nitrogen and oxygen atoms in total. The van der Waals surface area contributed by atoms with Gasteiger partial charge in [0.15, 0.2) is 5.65 Å². The lowest BCUT2D eigenvalue weighted by molar-refractivity contribution is 0.248. The predicted octanol–water partition coefficient (Wildman–Crippen LogP) is 4.27. The van der Waals surface area contributed by atoms with E-state index in [1.54, 1.807) is 0 Å². The van der Waals surface area contributed by atoms with Crippen LogP contribution in [0.3, 0.4) is 0 Å². The molecule has 6 rings (SSSR count). The van der Waals surface area contributed by atoms with Crippen molar-refractivity contribution in [2.45, 2.75) is 6.54 Å². The van der Waals surface area contributed by atoms with Gasteiger partial charge in [-0.15, -0.1) is 0 Å². The van der Waals surface area contributed by atoms with E-state index in [2.05, 4.69) is 74.5 Å². The molecule has 0 unspecified atom stereocenters. The van der Waals surface area contributed by atoms with Crippen LogP contribution in [0.4, 0.5) is 5.82 Å².